The highest BCUT2D eigenvalue weighted by molar-refractivity contribution is 6.32. The van der Waals surface area contributed by atoms with E-state index in [9.17, 15) is 9.59 Å². The lowest BCUT2D eigenvalue weighted by molar-refractivity contribution is 0.0982. The predicted molar refractivity (Wildman–Crippen MR) is 112 cm³/mol. The van der Waals surface area contributed by atoms with E-state index < -0.39 is 0 Å². The monoisotopic (exact) mass is 406 g/mol. The molecule has 146 valence electrons. The Hall–Kier alpha value is -3.36. The number of Topliss-reactive ketones (excluding diaryl/α,β-unsaturated/α-hetero) is 1. The summed E-state index contributed by atoms with van der Waals surface area (Å²) >= 11 is 6.29. The van der Waals surface area contributed by atoms with Crippen molar-refractivity contribution in [1.82, 2.24) is 4.98 Å². The molecule has 0 fully saturated rings. The van der Waals surface area contributed by atoms with E-state index in [0.717, 1.165) is 11.3 Å². The van der Waals surface area contributed by atoms with Gasteiger partial charge in [-0.15, -0.1) is 0 Å². The summed E-state index contributed by atoms with van der Waals surface area (Å²) in [6, 6.07) is 15.6. The molecule has 5 nitrogen and oxygen atoms in total. The number of carbonyl (C=O) groups excluding carboxylic acids is 1. The molecule has 29 heavy (non-hydrogen) atoms. The van der Waals surface area contributed by atoms with Crippen molar-refractivity contribution in [2.45, 2.75) is 26.7 Å². The normalized spacial score (nSPS) is 10.4. The average molecular weight is 407 g/mol. The minimum Gasteiger partial charge on any atom is -0.454 e. The fraction of sp³-hybridized carbons (Fsp3) is 0.174. The van der Waals surface area contributed by atoms with E-state index in [0.29, 0.717) is 34.6 Å². The molecule has 0 bridgehead atoms. The Morgan fingerprint density at radius 3 is 2.59 bits per heavy atom. The number of ketones is 1. The molecule has 0 saturated heterocycles. The van der Waals surface area contributed by atoms with E-state index >= 15 is 0 Å². The third kappa shape index (κ3) is 4.74. The molecular formula is C23H19ClN2O3. The van der Waals surface area contributed by atoms with Crippen molar-refractivity contribution in [2.24, 2.45) is 0 Å². The second-order valence-electron chi connectivity index (χ2n) is 6.72. The van der Waals surface area contributed by atoms with Gasteiger partial charge in [0, 0.05) is 23.2 Å². The lowest BCUT2D eigenvalue weighted by Gasteiger charge is -2.10. The van der Waals surface area contributed by atoms with Gasteiger partial charge < -0.3 is 9.72 Å². The van der Waals surface area contributed by atoms with Crippen LogP contribution in [0.15, 0.2) is 53.3 Å². The van der Waals surface area contributed by atoms with Crippen molar-refractivity contribution in [2.75, 3.05) is 0 Å². The number of hydrogen-bond donors (Lipinski definition) is 1. The third-order valence-electron chi connectivity index (χ3n) is 4.58. The maximum Gasteiger partial charge on any atom is 0.251 e. The van der Waals surface area contributed by atoms with E-state index in [1.807, 2.05) is 19.9 Å². The Kier molecular flexibility index (Phi) is 6.16. The Labute approximate surface area is 173 Å². The average Bonchev–Trinajstić information content (AvgIpc) is 2.68. The SMILES string of the molecule is Cc1cc(C)c(CCC(=O)c2ccc(Oc3ccccc3C#N)c(Cl)c2)c(=O)[nH]1. The van der Waals surface area contributed by atoms with Crippen LogP contribution in [0.3, 0.4) is 0 Å². The van der Waals surface area contributed by atoms with Crippen LogP contribution in [0, 0.1) is 25.2 Å². The zero-order valence-electron chi connectivity index (χ0n) is 16.1. The van der Waals surface area contributed by atoms with Crippen LogP contribution in [-0.2, 0) is 6.42 Å². The summed E-state index contributed by atoms with van der Waals surface area (Å²) in [5.41, 5.74) is 2.95. The van der Waals surface area contributed by atoms with Gasteiger partial charge in [-0.2, -0.15) is 5.26 Å². The molecule has 1 aromatic heterocycles. The van der Waals surface area contributed by atoms with Gasteiger partial charge in [-0.1, -0.05) is 23.7 Å². The van der Waals surface area contributed by atoms with Crippen LogP contribution in [0.1, 0.15) is 39.2 Å². The van der Waals surface area contributed by atoms with Crippen molar-refractivity contribution in [1.29, 1.82) is 5.26 Å². The number of nitrogens with one attached hydrogen (secondary N) is 1. The Morgan fingerprint density at radius 1 is 1.14 bits per heavy atom. The number of benzene rings is 2. The maximum absolute atomic E-state index is 12.6. The number of para-hydroxylation sites is 1. The maximum atomic E-state index is 12.6. The van der Waals surface area contributed by atoms with Gasteiger partial charge in [-0.3, -0.25) is 9.59 Å². The van der Waals surface area contributed by atoms with Crippen molar-refractivity contribution in [3.63, 3.8) is 0 Å². The van der Waals surface area contributed by atoms with E-state index in [1.54, 1.807) is 42.5 Å². The van der Waals surface area contributed by atoms with Crippen LogP contribution >= 0.6 is 11.6 Å². The fourth-order valence-electron chi connectivity index (χ4n) is 3.10. The molecule has 0 amide bonds. The number of nitriles is 1. The van der Waals surface area contributed by atoms with Crippen LogP contribution in [0.2, 0.25) is 5.02 Å². The topological polar surface area (TPSA) is 82.9 Å². The van der Waals surface area contributed by atoms with Gasteiger partial charge >= 0.3 is 0 Å². The number of aryl methyl sites for hydroxylation is 2. The minimum atomic E-state index is -0.159. The molecule has 0 atom stereocenters. The summed E-state index contributed by atoms with van der Waals surface area (Å²) in [5, 5.41) is 9.43. The highest BCUT2D eigenvalue weighted by Gasteiger charge is 2.13. The summed E-state index contributed by atoms with van der Waals surface area (Å²) < 4.78 is 5.73. The number of halogens is 1. The smallest absolute Gasteiger partial charge is 0.251 e. The van der Waals surface area contributed by atoms with Gasteiger partial charge in [0.05, 0.1) is 10.6 Å². The first-order chi connectivity index (χ1) is 13.9. The first-order valence-electron chi connectivity index (χ1n) is 9.08. The number of pyridine rings is 1. The summed E-state index contributed by atoms with van der Waals surface area (Å²) in [6.07, 6.45) is 0.548. The molecule has 3 rings (SSSR count). The standard InChI is InChI=1S/C23H19ClN2O3/c1-14-11-15(2)26-23(28)18(14)8-9-20(27)16-7-10-22(19(24)12-16)29-21-6-4-3-5-17(21)13-25/h3-7,10-12H,8-9H2,1-2H3,(H,26,28). The molecule has 0 saturated carbocycles. The zero-order valence-corrected chi connectivity index (χ0v) is 16.8. The second-order valence-corrected chi connectivity index (χ2v) is 7.13. The van der Waals surface area contributed by atoms with Gasteiger partial charge in [-0.25, -0.2) is 0 Å². The molecule has 0 radical (unpaired) electrons. The number of hydrogen-bond acceptors (Lipinski definition) is 4. The van der Waals surface area contributed by atoms with Crippen LogP contribution < -0.4 is 10.3 Å². The Bertz CT molecular complexity index is 1180. The predicted octanol–water partition coefficient (Wildman–Crippen LogP) is 5.12. The van der Waals surface area contributed by atoms with Gasteiger partial charge in [0.15, 0.2) is 5.78 Å². The minimum absolute atomic E-state index is 0.116. The van der Waals surface area contributed by atoms with E-state index in [2.05, 4.69) is 11.1 Å². The number of ether oxygens (including phenoxy) is 1. The molecule has 0 aliphatic carbocycles. The van der Waals surface area contributed by atoms with Crippen molar-refractivity contribution >= 4 is 17.4 Å². The summed E-state index contributed by atoms with van der Waals surface area (Å²) in [7, 11) is 0. The summed E-state index contributed by atoms with van der Waals surface area (Å²) in [6.45, 7) is 3.69. The molecule has 2 aromatic carbocycles. The number of carbonyl (C=O) groups is 1. The Balaban J connectivity index is 1.74. The lowest BCUT2D eigenvalue weighted by atomic mass is 10.0. The second kappa shape index (κ2) is 8.76. The zero-order chi connectivity index (χ0) is 21.0. The van der Waals surface area contributed by atoms with Gasteiger partial charge in [0.25, 0.3) is 5.56 Å². The quantitative estimate of drug-likeness (QED) is 0.575. The van der Waals surface area contributed by atoms with E-state index in [1.165, 1.54) is 0 Å². The van der Waals surface area contributed by atoms with Crippen LogP contribution in [0.25, 0.3) is 0 Å². The number of rotatable bonds is 6. The first kappa shape index (κ1) is 20.4. The third-order valence-corrected chi connectivity index (χ3v) is 4.87. The van der Waals surface area contributed by atoms with E-state index in [-0.39, 0.29) is 22.8 Å². The largest absolute Gasteiger partial charge is 0.454 e. The van der Waals surface area contributed by atoms with Gasteiger partial charge in [0.1, 0.15) is 17.6 Å². The number of H-pyrrole nitrogens is 1. The molecule has 0 unspecified atom stereocenters. The van der Waals surface area contributed by atoms with Crippen LogP contribution in [0.4, 0.5) is 0 Å². The Morgan fingerprint density at radius 2 is 1.90 bits per heavy atom. The van der Waals surface area contributed by atoms with Crippen molar-refractivity contribution in [3.8, 4) is 17.6 Å². The first-order valence-corrected chi connectivity index (χ1v) is 9.46. The lowest BCUT2D eigenvalue weighted by Crippen LogP contribution is -2.16. The highest BCUT2D eigenvalue weighted by atomic mass is 35.5. The van der Waals surface area contributed by atoms with E-state index in [4.69, 9.17) is 21.6 Å². The summed E-state index contributed by atoms with van der Waals surface area (Å²) in [5.74, 6) is 0.636. The number of aromatic nitrogens is 1. The molecule has 1 heterocycles. The number of aromatic amines is 1. The van der Waals surface area contributed by atoms with Gasteiger partial charge in [-0.05, 0) is 62.2 Å². The molecule has 1 N–H and O–H groups in total. The fourth-order valence-corrected chi connectivity index (χ4v) is 3.32. The molecule has 3 aromatic rings. The molecular weight excluding hydrogens is 388 g/mol. The van der Waals surface area contributed by atoms with Crippen LogP contribution in [-0.4, -0.2) is 10.8 Å². The summed E-state index contributed by atoms with van der Waals surface area (Å²) in [4.78, 5) is 27.4. The molecule has 0 aliphatic rings. The van der Waals surface area contributed by atoms with Crippen molar-refractivity contribution in [3.05, 3.63) is 91.9 Å². The highest BCUT2D eigenvalue weighted by Crippen LogP contribution is 2.32. The van der Waals surface area contributed by atoms with Gasteiger partial charge in [0.2, 0.25) is 0 Å². The van der Waals surface area contributed by atoms with Crippen molar-refractivity contribution < 1.29 is 9.53 Å². The van der Waals surface area contributed by atoms with Crippen LogP contribution in [0.5, 0.6) is 11.5 Å². The number of nitrogens with zero attached hydrogens (tertiary/aromatic N) is 1. The molecule has 0 aliphatic heterocycles. The molecule has 6 heteroatoms. The molecule has 0 spiro atoms.